The molecule has 0 bridgehead atoms. The van der Waals surface area contributed by atoms with Gasteiger partial charge < -0.3 is 15.0 Å². The number of piperazine rings is 1. The largest absolute Gasteiger partial charge is 0.481 e. The summed E-state index contributed by atoms with van der Waals surface area (Å²) in [6.07, 6.45) is 1.69. The van der Waals surface area contributed by atoms with Crippen LogP contribution >= 0.6 is 0 Å². The Bertz CT molecular complexity index is 1260. The van der Waals surface area contributed by atoms with Gasteiger partial charge in [-0.1, -0.05) is 12.1 Å². The highest BCUT2D eigenvalue weighted by Gasteiger charge is 2.24. The second-order valence-electron chi connectivity index (χ2n) is 8.24. The van der Waals surface area contributed by atoms with Gasteiger partial charge in [0.15, 0.2) is 5.65 Å². The molecule has 1 saturated heterocycles. The average Bonchev–Trinajstić information content (AvgIpc) is 3.17. The van der Waals surface area contributed by atoms with Gasteiger partial charge in [-0.15, -0.1) is 5.10 Å². The van der Waals surface area contributed by atoms with E-state index in [2.05, 4.69) is 29.0 Å². The standard InChI is InChI=1S/C24H25FN6O/c1-15-13-30(14-16(2)27-15)21-8-7-20-28-23(17-5-4-6-19(25)11-17)24(31(20)29-21)18-9-10-26-22(12-18)32-3/h4-12,15-16,27H,13-14H2,1-3H3. The van der Waals surface area contributed by atoms with Crippen LogP contribution in [0.2, 0.25) is 0 Å². The first kappa shape index (κ1) is 20.4. The number of methoxy groups -OCH3 is 1. The molecule has 1 aromatic carbocycles. The Balaban J connectivity index is 1.71. The van der Waals surface area contributed by atoms with Gasteiger partial charge in [0.05, 0.1) is 12.8 Å². The Kier molecular flexibility index (Phi) is 5.22. The molecule has 2 atom stereocenters. The van der Waals surface area contributed by atoms with Gasteiger partial charge in [0.2, 0.25) is 5.88 Å². The molecular weight excluding hydrogens is 407 g/mol. The first-order chi connectivity index (χ1) is 15.5. The number of imidazole rings is 1. The highest BCUT2D eigenvalue weighted by molar-refractivity contribution is 5.82. The molecule has 164 valence electrons. The summed E-state index contributed by atoms with van der Waals surface area (Å²) in [5.74, 6) is 1.06. The Labute approximate surface area is 185 Å². The van der Waals surface area contributed by atoms with Gasteiger partial charge in [-0.05, 0) is 44.2 Å². The molecule has 3 aromatic heterocycles. The number of halogens is 1. The van der Waals surface area contributed by atoms with Crippen molar-refractivity contribution in [3.63, 3.8) is 0 Å². The lowest BCUT2D eigenvalue weighted by atomic mass is 10.1. The number of fused-ring (bicyclic) bond motifs is 1. The third-order valence-electron chi connectivity index (χ3n) is 5.66. The molecule has 1 aliphatic rings. The number of nitrogens with zero attached hydrogens (tertiary/aromatic N) is 5. The van der Waals surface area contributed by atoms with E-state index in [1.807, 2.05) is 34.8 Å². The number of anilines is 1. The maximum atomic E-state index is 14.0. The normalized spacial score (nSPS) is 18.8. The number of ether oxygens (including phenoxy) is 1. The molecule has 1 fully saturated rings. The molecule has 4 aromatic rings. The van der Waals surface area contributed by atoms with Gasteiger partial charge in [0, 0.05) is 48.6 Å². The highest BCUT2D eigenvalue weighted by Crippen LogP contribution is 2.34. The van der Waals surface area contributed by atoms with Crippen LogP contribution in [0.25, 0.3) is 28.2 Å². The molecule has 7 nitrogen and oxygen atoms in total. The van der Waals surface area contributed by atoms with E-state index in [0.717, 1.165) is 30.2 Å². The van der Waals surface area contributed by atoms with E-state index in [1.165, 1.54) is 12.1 Å². The van der Waals surface area contributed by atoms with Crippen molar-refractivity contribution in [2.24, 2.45) is 0 Å². The Morgan fingerprint density at radius 2 is 1.84 bits per heavy atom. The maximum Gasteiger partial charge on any atom is 0.213 e. The van der Waals surface area contributed by atoms with E-state index in [9.17, 15) is 4.39 Å². The smallest absolute Gasteiger partial charge is 0.213 e. The number of aromatic nitrogens is 4. The number of pyridine rings is 1. The number of hydrogen-bond acceptors (Lipinski definition) is 6. The summed E-state index contributed by atoms with van der Waals surface area (Å²) in [4.78, 5) is 11.3. The molecule has 1 N–H and O–H groups in total. The van der Waals surface area contributed by atoms with Crippen molar-refractivity contribution in [2.75, 3.05) is 25.1 Å². The van der Waals surface area contributed by atoms with Crippen molar-refractivity contribution in [1.29, 1.82) is 0 Å². The van der Waals surface area contributed by atoms with Gasteiger partial charge in [0.1, 0.15) is 17.3 Å². The van der Waals surface area contributed by atoms with Crippen LogP contribution in [0.15, 0.2) is 54.7 Å². The van der Waals surface area contributed by atoms with Gasteiger partial charge in [-0.25, -0.2) is 18.9 Å². The van der Waals surface area contributed by atoms with Crippen LogP contribution in [0.3, 0.4) is 0 Å². The molecule has 0 aliphatic carbocycles. The van der Waals surface area contributed by atoms with Gasteiger partial charge >= 0.3 is 0 Å². The molecule has 1 aliphatic heterocycles. The topological polar surface area (TPSA) is 67.6 Å². The van der Waals surface area contributed by atoms with Crippen LogP contribution in [0.1, 0.15) is 13.8 Å². The molecular formula is C24H25FN6O. The van der Waals surface area contributed by atoms with Gasteiger partial charge in [-0.2, -0.15) is 0 Å². The summed E-state index contributed by atoms with van der Waals surface area (Å²) in [6, 6.07) is 14.9. The minimum Gasteiger partial charge on any atom is -0.481 e. The maximum absolute atomic E-state index is 14.0. The van der Waals surface area contributed by atoms with E-state index in [1.54, 1.807) is 19.4 Å². The zero-order valence-corrected chi connectivity index (χ0v) is 18.3. The molecule has 4 heterocycles. The minimum atomic E-state index is -0.310. The first-order valence-electron chi connectivity index (χ1n) is 10.7. The lowest BCUT2D eigenvalue weighted by Crippen LogP contribution is -2.54. The van der Waals surface area contributed by atoms with E-state index < -0.39 is 0 Å². The molecule has 0 saturated carbocycles. The third kappa shape index (κ3) is 3.78. The van der Waals surface area contributed by atoms with Crippen molar-refractivity contribution < 1.29 is 9.13 Å². The van der Waals surface area contributed by atoms with Crippen molar-refractivity contribution in [3.8, 4) is 28.4 Å². The fraction of sp³-hybridized carbons (Fsp3) is 0.292. The second kappa shape index (κ2) is 8.20. The zero-order valence-electron chi connectivity index (χ0n) is 18.3. The van der Waals surface area contributed by atoms with Crippen molar-refractivity contribution in [2.45, 2.75) is 25.9 Å². The molecule has 0 spiro atoms. The van der Waals surface area contributed by atoms with Crippen molar-refractivity contribution >= 4 is 11.5 Å². The lowest BCUT2D eigenvalue weighted by molar-refractivity contribution is 0.398. The fourth-order valence-corrected chi connectivity index (χ4v) is 4.37. The Morgan fingerprint density at radius 1 is 1.03 bits per heavy atom. The van der Waals surface area contributed by atoms with Crippen LogP contribution in [-0.2, 0) is 0 Å². The summed E-state index contributed by atoms with van der Waals surface area (Å²) in [5.41, 5.74) is 3.64. The molecule has 0 radical (unpaired) electrons. The molecule has 2 unspecified atom stereocenters. The predicted molar refractivity (Wildman–Crippen MR) is 122 cm³/mol. The van der Waals surface area contributed by atoms with E-state index >= 15 is 0 Å². The van der Waals surface area contributed by atoms with Crippen LogP contribution in [-0.4, -0.2) is 51.9 Å². The minimum absolute atomic E-state index is 0.310. The zero-order chi connectivity index (χ0) is 22.2. The number of nitrogens with one attached hydrogen (secondary N) is 1. The van der Waals surface area contributed by atoms with Crippen LogP contribution < -0.4 is 15.0 Å². The second-order valence-corrected chi connectivity index (χ2v) is 8.24. The third-order valence-corrected chi connectivity index (χ3v) is 5.66. The summed E-state index contributed by atoms with van der Waals surface area (Å²) in [5, 5.41) is 8.52. The first-order valence-corrected chi connectivity index (χ1v) is 10.7. The van der Waals surface area contributed by atoms with E-state index in [0.29, 0.717) is 34.9 Å². The summed E-state index contributed by atoms with van der Waals surface area (Å²) >= 11 is 0. The van der Waals surface area contributed by atoms with Crippen molar-refractivity contribution in [3.05, 3.63) is 60.5 Å². The summed E-state index contributed by atoms with van der Waals surface area (Å²) < 4.78 is 21.2. The van der Waals surface area contributed by atoms with Crippen LogP contribution in [0.4, 0.5) is 10.2 Å². The Hall–Kier alpha value is -3.52. The summed E-state index contributed by atoms with van der Waals surface area (Å²) in [6.45, 7) is 6.09. The van der Waals surface area contributed by atoms with Gasteiger partial charge in [-0.3, -0.25) is 0 Å². The molecule has 8 heteroatoms. The van der Waals surface area contributed by atoms with E-state index in [-0.39, 0.29) is 5.82 Å². The average molecular weight is 433 g/mol. The molecule has 32 heavy (non-hydrogen) atoms. The van der Waals surface area contributed by atoms with E-state index in [4.69, 9.17) is 14.8 Å². The highest BCUT2D eigenvalue weighted by atomic mass is 19.1. The quantitative estimate of drug-likeness (QED) is 0.529. The SMILES string of the molecule is COc1cc(-c2c(-c3cccc(F)c3)nc3ccc(N4CC(C)NC(C)C4)nn23)ccn1. The van der Waals surface area contributed by atoms with Crippen LogP contribution in [0.5, 0.6) is 5.88 Å². The predicted octanol–water partition coefficient (Wildman–Crippen LogP) is 3.79. The van der Waals surface area contributed by atoms with Crippen molar-refractivity contribution in [1.82, 2.24) is 24.9 Å². The number of hydrogen-bond donors (Lipinski definition) is 1. The Morgan fingerprint density at radius 3 is 2.59 bits per heavy atom. The summed E-state index contributed by atoms with van der Waals surface area (Å²) in [7, 11) is 1.58. The lowest BCUT2D eigenvalue weighted by Gasteiger charge is -2.36. The van der Waals surface area contributed by atoms with Gasteiger partial charge in [0.25, 0.3) is 0 Å². The monoisotopic (exact) mass is 432 g/mol. The molecule has 5 rings (SSSR count). The number of rotatable bonds is 4. The van der Waals surface area contributed by atoms with Crippen LogP contribution in [0, 0.1) is 5.82 Å². The number of benzene rings is 1. The fourth-order valence-electron chi connectivity index (χ4n) is 4.37. The molecule has 0 amide bonds.